The molecular formula is C14H23NO2. The van der Waals surface area contributed by atoms with E-state index in [9.17, 15) is 0 Å². The second-order valence-electron chi connectivity index (χ2n) is 4.35. The number of ether oxygens (including phenoxy) is 2. The highest BCUT2D eigenvalue weighted by molar-refractivity contribution is 5.32. The maximum atomic E-state index is 5.63. The van der Waals surface area contributed by atoms with Gasteiger partial charge in [-0.1, -0.05) is 19.9 Å². The molecule has 0 bridgehead atoms. The third kappa shape index (κ3) is 6.17. The first kappa shape index (κ1) is 13.8. The molecule has 0 heterocycles. The fourth-order valence-corrected chi connectivity index (χ4v) is 1.45. The first-order valence-electron chi connectivity index (χ1n) is 6.28. The van der Waals surface area contributed by atoms with Crippen LogP contribution in [0.2, 0.25) is 0 Å². The van der Waals surface area contributed by atoms with Gasteiger partial charge >= 0.3 is 0 Å². The fraction of sp³-hybridized carbons (Fsp3) is 0.571. The van der Waals surface area contributed by atoms with E-state index >= 15 is 0 Å². The van der Waals surface area contributed by atoms with Crippen LogP contribution in [0.3, 0.4) is 0 Å². The number of nitrogens with one attached hydrogen (secondary N) is 1. The van der Waals surface area contributed by atoms with Gasteiger partial charge in [-0.15, -0.1) is 0 Å². The lowest BCUT2D eigenvalue weighted by Gasteiger charge is -2.10. The van der Waals surface area contributed by atoms with Crippen LogP contribution in [0.25, 0.3) is 0 Å². The number of hydrogen-bond acceptors (Lipinski definition) is 3. The Balaban J connectivity index is 2.24. The molecule has 0 aliphatic heterocycles. The van der Waals surface area contributed by atoms with Crippen molar-refractivity contribution in [2.75, 3.05) is 26.3 Å². The molecule has 0 aromatic heterocycles. The van der Waals surface area contributed by atoms with Gasteiger partial charge in [0.25, 0.3) is 0 Å². The van der Waals surface area contributed by atoms with Gasteiger partial charge in [0.15, 0.2) is 0 Å². The predicted octanol–water partition coefficient (Wildman–Crippen LogP) is 2.71. The van der Waals surface area contributed by atoms with Crippen molar-refractivity contribution >= 4 is 0 Å². The molecule has 1 N–H and O–H groups in total. The topological polar surface area (TPSA) is 30.5 Å². The third-order valence-corrected chi connectivity index (χ3v) is 2.22. The van der Waals surface area contributed by atoms with Crippen molar-refractivity contribution in [3.05, 3.63) is 24.3 Å². The fourth-order valence-electron chi connectivity index (χ4n) is 1.45. The molecule has 0 aliphatic rings. The molecule has 1 aromatic carbocycles. The lowest BCUT2D eigenvalue weighted by atomic mass is 10.2. The summed E-state index contributed by atoms with van der Waals surface area (Å²) in [6.45, 7) is 9.63. The summed E-state index contributed by atoms with van der Waals surface area (Å²) in [6.07, 6.45) is 0. The van der Waals surface area contributed by atoms with Crippen molar-refractivity contribution in [3.63, 3.8) is 0 Å². The van der Waals surface area contributed by atoms with Crippen molar-refractivity contribution in [3.8, 4) is 11.5 Å². The van der Waals surface area contributed by atoms with Gasteiger partial charge in [-0.25, -0.2) is 0 Å². The summed E-state index contributed by atoms with van der Waals surface area (Å²) in [5, 5.41) is 3.34. The molecule has 17 heavy (non-hydrogen) atoms. The summed E-state index contributed by atoms with van der Waals surface area (Å²) >= 11 is 0. The molecule has 0 aliphatic carbocycles. The summed E-state index contributed by atoms with van der Waals surface area (Å²) in [5.41, 5.74) is 0. The highest BCUT2D eigenvalue weighted by atomic mass is 16.5. The van der Waals surface area contributed by atoms with Gasteiger partial charge in [0.2, 0.25) is 0 Å². The minimum atomic E-state index is 0.677. The van der Waals surface area contributed by atoms with Crippen molar-refractivity contribution in [1.29, 1.82) is 0 Å². The molecule has 0 amide bonds. The van der Waals surface area contributed by atoms with Gasteiger partial charge in [-0.2, -0.15) is 0 Å². The molecule has 0 atom stereocenters. The Kier molecular flexibility index (Phi) is 6.48. The zero-order valence-corrected chi connectivity index (χ0v) is 11.0. The monoisotopic (exact) mass is 237 g/mol. The van der Waals surface area contributed by atoms with Crippen LogP contribution in [0.4, 0.5) is 0 Å². The number of benzene rings is 1. The highest BCUT2D eigenvalue weighted by Gasteiger charge is 1.97. The van der Waals surface area contributed by atoms with E-state index in [1.807, 2.05) is 31.2 Å². The van der Waals surface area contributed by atoms with E-state index in [-0.39, 0.29) is 0 Å². The van der Waals surface area contributed by atoms with E-state index < -0.39 is 0 Å². The average molecular weight is 237 g/mol. The second-order valence-corrected chi connectivity index (χ2v) is 4.35. The van der Waals surface area contributed by atoms with Crippen molar-refractivity contribution in [2.45, 2.75) is 20.8 Å². The van der Waals surface area contributed by atoms with Crippen LogP contribution >= 0.6 is 0 Å². The number of hydrogen-bond donors (Lipinski definition) is 1. The van der Waals surface area contributed by atoms with Gasteiger partial charge in [-0.05, 0) is 31.5 Å². The van der Waals surface area contributed by atoms with E-state index in [0.29, 0.717) is 19.1 Å². The minimum absolute atomic E-state index is 0.677. The maximum absolute atomic E-state index is 5.63. The van der Waals surface area contributed by atoms with E-state index in [2.05, 4.69) is 19.2 Å². The largest absolute Gasteiger partial charge is 0.494 e. The van der Waals surface area contributed by atoms with Crippen molar-refractivity contribution in [1.82, 2.24) is 5.32 Å². The van der Waals surface area contributed by atoms with Crippen molar-refractivity contribution < 1.29 is 9.47 Å². The molecule has 96 valence electrons. The SMILES string of the molecule is CCOc1cccc(OCCNCC(C)C)c1. The molecule has 0 spiro atoms. The van der Waals surface area contributed by atoms with Crippen LogP contribution in [0.15, 0.2) is 24.3 Å². The normalized spacial score (nSPS) is 10.6. The highest BCUT2D eigenvalue weighted by Crippen LogP contribution is 2.18. The molecule has 1 aromatic rings. The average Bonchev–Trinajstić information content (AvgIpc) is 2.29. The van der Waals surface area contributed by atoms with Crippen LogP contribution in [0, 0.1) is 5.92 Å². The molecule has 0 saturated heterocycles. The third-order valence-electron chi connectivity index (χ3n) is 2.22. The summed E-state index contributed by atoms with van der Waals surface area (Å²) < 4.78 is 11.0. The van der Waals surface area contributed by atoms with Gasteiger partial charge < -0.3 is 14.8 Å². The molecule has 3 nitrogen and oxygen atoms in total. The van der Waals surface area contributed by atoms with E-state index in [1.54, 1.807) is 0 Å². The first-order valence-corrected chi connectivity index (χ1v) is 6.28. The molecule has 0 fully saturated rings. The second kappa shape index (κ2) is 7.96. The summed E-state index contributed by atoms with van der Waals surface area (Å²) in [4.78, 5) is 0. The van der Waals surface area contributed by atoms with Crippen LogP contribution < -0.4 is 14.8 Å². The standard InChI is InChI=1S/C14H23NO2/c1-4-16-13-6-5-7-14(10-13)17-9-8-15-11-12(2)3/h5-7,10,12,15H,4,8-9,11H2,1-3H3. The molecular weight excluding hydrogens is 214 g/mol. The Labute approximate surface area is 104 Å². The van der Waals surface area contributed by atoms with Crippen LogP contribution in [0.5, 0.6) is 11.5 Å². The summed E-state index contributed by atoms with van der Waals surface area (Å²) in [5.74, 6) is 2.40. The molecule has 1 rings (SSSR count). The van der Waals surface area contributed by atoms with Gasteiger partial charge in [-0.3, -0.25) is 0 Å². The van der Waals surface area contributed by atoms with E-state index in [4.69, 9.17) is 9.47 Å². The van der Waals surface area contributed by atoms with E-state index in [0.717, 1.165) is 24.6 Å². The lowest BCUT2D eigenvalue weighted by molar-refractivity contribution is 0.304. The zero-order chi connectivity index (χ0) is 12.5. The summed E-state index contributed by atoms with van der Waals surface area (Å²) in [7, 11) is 0. The minimum Gasteiger partial charge on any atom is -0.494 e. The first-order chi connectivity index (χ1) is 8.22. The Hall–Kier alpha value is -1.22. The predicted molar refractivity (Wildman–Crippen MR) is 70.8 cm³/mol. The Morgan fingerprint density at radius 1 is 1.18 bits per heavy atom. The molecule has 0 radical (unpaired) electrons. The van der Waals surface area contributed by atoms with Crippen LogP contribution in [-0.4, -0.2) is 26.3 Å². The van der Waals surface area contributed by atoms with Crippen molar-refractivity contribution in [2.24, 2.45) is 5.92 Å². The summed E-state index contributed by atoms with van der Waals surface area (Å²) in [6, 6.07) is 7.76. The quantitative estimate of drug-likeness (QED) is 0.705. The maximum Gasteiger partial charge on any atom is 0.123 e. The Morgan fingerprint density at radius 3 is 2.53 bits per heavy atom. The molecule has 0 saturated carbocycles. The van der Waals surface area contributed by atoms with Gasteiger partial charge in [0.1, 0.15) is 18.1 Å². The smallest absolute Gasteiger partial charge is 0.123 e. The zero-order valence-electron chi connectivity index (χ0n) is 11.0. The van der Waals surface area contributed by atoms with Gasteiger partial charge in [0.05, 0.1) is 6.61 Å². The lowest BCUT2D eigenvalue weighted by Crippen LogP contribution is -2.24. The Bertz CT molecular complexity index is 313. The van der Waals surface area contributed by atoms with Crippen LogP contribution in [0.1, 0.15) is 20.8 Å². The van der Waals surface area contributed by atoms with Crippen LogP contribution in [-0.2, 0) is 0 Å². The van der Waals surface area contributed by atoms with Gasteiger partial charge in [0, 0.05) is 12.6 Å². The molecule has 3 heteroatoms. The van der Waals surface area contributed by atoms with E-state index in [1.165, 1.54) is 0 Å². The molecule has 0 unspecified atom stereocenters. The number of rotatable bonds is 8. The Morgan fingerprint density at radius 2 is 1.88 bits per heavy atom.